The zero-order valence-electron chi connectivity index (χ0n) is 12.3. The fourth-order valence-electron chi connectivity index (χ4n) is 2.37. The molecule has 0 unspecified atom stereocenters. The summed E-state index contributed by atoms with van der Waals surface area (Å²) in [6.07, 6.45) is 4.38. The average molecular weight is 293 g/mol. The van der Waals surface area contributed by atoms with Crippen LogP contribution >= 0.6 is 0 Å². The van der Waals surface area contributed by atoms with E-state index in [2.05, 4.69) is 12.1 Å². The van der Waals surface area contributed by atoms with E-state index in [0.29, 0.717) is 11.5 Å². The second-order valence-corrected chi connectivity index (χ2v) is 5.26. The predicted molar refractivity (Wildman–Crippen MR) is 78.9 cm³/mol. The van der Waals surface area contributed by atoms with E-state index in [9.17, 15) is 14.8 Å². The van der Waals surface area contributed by atoms with Gasteiger partial charge in [0, 0.05) is 0 Å². The molecular weight excluding hydrogens is 270 g/mol. The number of hydroxylamine groups is 2. The molecule has 0 aliphatic rings. The quantitative estimate of drug-likeness (QED) is 0.301. The molecule has 1 aromatic rings. The molecule has 0 aromatic heterocycles. The van der Waals surface area contributed by atoms with Crippen LogP contribution in [0, 0.1) is 5.92 Å². The first-order chi connectivity index (χ1) is 10.1. The molecule has 0 saturated carbocycles. The summed E-state index contributed by atoms with van der Waals surface area (Å²) in [7, 11) is 0. The van der Waals surface area contributed by atoms with E-state index in [1.165, 1.54) is 12.5 Å². The molecule has 0 saturated heterocycles. The molecule has 0 heterocycles. The molecule has 1 rings (SSSR count). The summed E-state index contributed by atoms with van der Waals surface area (Å²) in [5, 5.41) is 18.9. The number of carbonyl (C=O) groups excluding carboxylic acids is 1. The number of amides is 1. The first kappa shape index (κ1) is 17.2. The highest BCUT2D eigenvalue weighted by Crippen LogP contribution is 2.18. The number of carboxylic acid groups (broad SMARTS) is 1. The van der Waals surface area contributed by atoms with Gasteiger partial charge in [-0.25, -0.2) is 5.06 Å². The van der Waals surface area contributed by atoms with Gasteiger partial charge in [0.15, 0.2) is 0 Å². The van der Waals surface area contributed by atoms with Crippen molar-refractivity contribution in [3.8, 4) is 0 Å². The Kier molecular flexibility index (Phi) is 7.46. The highest BCUT2D eigenvalue weighted by molar-refractivity contribution is 5.71. The maximum Gasteiger partial charge on any atom is 0.308 e. The fraction of sp³-hybridized carbons (Fsp3) is 0.500. The molecule has 2 atom stereocenters. The van der Waals surface area contributed by atoms with Crippen LogP contribution in [0.15, 0.2) is 30.3 Å². The zero-order valence-corrected chi connectivity index (χ0v) is 12.3. The summed E-state index contributed by atoms with van der Waals surface area (Å²) in [5.41, 5.74) is 1.28. The summed E-state index contributed by atoms with van der Waals surface area (Å²) in [5.74, 6) is -1.72. The Morgan fingerprint density at radius 3 is 2.48 bits per heavy atom. The van der Waals surface area contributed by atoms with Crippen LogP contribution in [0.25, 0.3) is 0 Å². The summed E-state index contributed by atoms with van der Waals surface area (Å²) < 4.78 is 0. The minimum atomic E-state index is -0.980. The largest absolute Gasteiger partial charge is 0.481 e. The number of carboxylic acids is 1. The lowest BCUT2D eigenvalue weighted by molar-refractivity contribution is -0.170. The first-order valence-corrected chi connectivity index (χ1v) is 7.25. The van der Waals surface area contributed by atoms with Crippen molar-refractivity contribution >= 4 is 12.4 Å². The van der Waals surface area contributed by atoms with Crippen LogP contribution < -0.4 is 0 Å². The molecule has 0 aliphatic carbocycles. The third-order valence-corrected chi connectivity index (χ3v) is 3.75. The van der Waals surface area contributed by atoms with Crippen LogP contribution in [0.5, 0.6) is 0 Å². The average Bonchev–Trinajstić information content (AvgIpc) is 2.50. The van der Waals surface area contributed by atoms with E-state index in [0.717, 1.165) is 25.7 Å². The smallest absolute Gasteiger partial charge is 0.308 e. The van der Waals surface area contributed by atoms with Gasteiger partial charge in [0.05, 0.1) is 12.0 Å². The summed E-state index contributed by atoms with van der Waals surface area (Å²) in [6, 6.07) is 9.44. The molecule has 21 heavy (non-hydrogen) atoms. The Morgan fingerprint density at radius 2 is 1.90 bits per heavy atom. The highest BCUT2D eigenvalue weighted by Gasteiger charge is 2.27. The predicted octanol–water partition coefficient (Wildman–Crippen LogP) is 2.73. The van der Waals surface area contributed by atoms with Crippen molar-refractivity contribution in [2.24, 2.45) is 5.92 Å². The van der Waals surface area contributed by atoms with Crippen molar-refractivity contribution in [2.75, 3.05) is 0 Å². The van der Waals surface area contributed by atoms with E-state index in [1.54, 1.807) is 0 Å². The Morgan fingerprint density at radius 1 is 1.24 bits per heavy atom. The van der Waals surface area contributed by atoms with Gasteiger partial charge in [-0.2, -0.15) is 0 Å². The maximum absolute atomic E-state index is 11.2. The number of aryl methyl sites for hydroxylation is 1. The van der Waals surface area contributed by atoms with Gasteiger partial charge in [-0.3, -0.25) is 14.8 Å². The van der Waals surface area contributed by atoms with Crippen molar-refractivity contribution in [2.45, 2.75) is 45.1 Å². The van der Waals surface area contributed by atoms with Gasteiger partial charge in [0.25, 0.3) is 0 Å². The molecule has 1 amide bonds. The molecule has 0 spiro atoms. The van der Waals surface area contributed by atoms with E-state index >= 15 is 0 Å². The van der Waals surface area contributed by atoms with Crippen molar-refractivity contribution in [1.29, 1.82) is 0 Å². The lowest BCUT2D eigenvalue weighted by Crippen LogP contribution is -2.39. The lowest BCUT2D eigenvalue weighted by atomic mass is 9.94. The van der Waals surface area contributed by atoms with Crippen LogP contribution in [0.2, 0.25) is 0 Å². The van der Waals surface area contributed by atoms with Crippen molar-refractivity contribution in [3.05, 3.63) is 35.9 Å². The number of carbonyl (C=O) groups is 2. The standard InChI is InChI=1S/C16H23NO4/c1-13(17(21)12-18)15(16(19)20)11-7-3-6-10-14-8-4-2-5-9-14/h2,4-5,8-9,12-13,15,21H,3,6-7,10-11H2,1H3,(H,19,20)/t13-,15+/m0/s1. The topological polar surface area (TPSA) is 77.8 Å². The van der Waals surface area contributed by atoms with Gasteiger partial charge < -0.3 is 5.11 Å². The van der Waals surface area contributed by atoms with Gasteiger partial charge in [-0.15, -0.1) is 0 Å². The third-order valence-electron chi connectivity index (χ3n) is 3.75. The molecule has 0 bridgehead atoms. The van der Waals surface area contributed by atoms with Gasteiger partial charge in [0.1, 0.15) is 0 Å². The fourth-order valence-corrected chi connectivity index (χ4v) is 2.37. The molecular formula is C16H23NO4. The monoisotopic (exact) mass is 293 g/mol. The van der Waals surface area contributed by atoms with Crippen LogP contribution in [-0.2, 0) is 16.0 Å². The van der Waals surface area contributed by atoms with E-state index in [1.807, 2.05) is 18.2 Å². The molecule has 0 aliphatic heterocycles. The number of unbranched alkanes of at least 4 members (excludes halogenated alkanes) is 2. The van der Waals surface area contributed by atoms with Crippen molar-refractivity contribution < 1.29 is 19.9 Å². The first-order valence-electron chi connectivity index (χ1n) is 7.25. The number of aliphatic carboxylic acids is 1. The molecule has 116 valence electrons. The van der Waals surface area contributed by atoms with Crippen LogP contribution in [0.3, 0.4) is 0 Å². The number of benzene rings is 1. The second-order valence-electron chi connectivity index (χ2n) is 5.26. The lowest BCUT2D eigenvalue weighted by Gasteiger charge is -2.24. The van der Waals surface area contributed by atoms with Gasteiger partial charge in [-0.05, 0) is 31.7 Å². The molecule has 1 aromatic carbocycles. The van der Waals surface area contributed by atoms with E-state index in [4.69, 9.17) is 5.11 Å². The highest BCUT2D eigenvalue weighted by atomic mass is 16.5. The summed E-state index contributed by atoms with van der Waals surface area (Å²) in [6.45, 7) is 1.54. The SMILES string of the molecule is C[C@@H]([C@@H](CCCCCc1ccccc1)C(=O)O)N(O)C=O. The third kappa shape index (κ3) is 5.95. The zero-order chi connectivity index (χ0) is 15.7. The molecule has 5 heteroatoms. The Bertz CT molecular complexity index is 435. The van der Waals surface area contributed by atoms with Gasteiger partial charge >= 0.3 is 5.97 Å². The van der Waals surface area contributed by atoms with E-state index in [-0.39, 0.29) is 6.41 Å². The number of nitrogens with zero attached hydrogens (tertiary/aromatic N) is 1. The van der Waals surface area contributed by atoms with Crippen molar-refractivity contribution in [1.82, 2.24) is 5.06 Å². The van der Waals surface area contributed by atoms with Crippen LogP contribution in [0.1, 0.15) is 38.2 Å². The van der Waals surface area contributed by atoms with E-state index < -0.39 is 17.9 Å². The Balaban J connectivity index is 2.31. The molecule has 0 radical (unpaired) electrons. The molecule has 2 N–H and O–H groups in total. The van der Waals surface area contributed by atoms with Crippen LogP contribution in [0.4, 0.5) is 0 Å². The second kappa shape index (κ2) is 9.13. The number of hydrogen-bond acceptors (Lipinski definition) is 3. The molecule has 0 fully saturated rings. The minimum Gasteiger partial charge on any atom is -0.481 e. The van der Waals surface area contributed by atoms with Crippen LogP contribution in [-0.4, -0.2) is 33.8 Å². The maximum atomic E-state index is 11.2. The van der Waals surface area contributed by atoms with Gasteiger partial charge in [-0.1, -0.05) is 43.2 Å². The Hall–Kier alpha value is -1.88. The normalized spacial score (nSPS) is 13.4. The Labute approximate surface area is 125 Å². The number of hydrogen-bond donors (Lipinski definition) is 2. The number of rotatable bonds is 10. The minimum absolute atomic E-state index is 0.246. The summed E-state index contributed by atoms with van der Waals surface area (Å²) in [4.78, 5) is 21.7. The van der Waals surface area contributed by atoms with Gasteiger partial charge in [0.2, 0.25) is 6.41 Å². The molecule has 5 nitrogen and oxygen atoms in total. The summed E-state index contributed by atoms with van der Waals surface area (Å²) >= 11 is 0. The van der Waals surface area contributed by atoms with Crippen molar-refractivity contribution in [3.63, 3.8) is 0 Å².